The van der Waals surface area contributed by atoms with Crippen molar-refractivity contribution in [3.05, 3.63) is 0 Å². The number of hydrogen-bond acceptors (Lipinski definition) is 4. The first kappa shape index (κ1) is 22.2. The zero-order valence-electron chi connectivity index (χ0n) is 16.3. The van der Waals surface area contributed by atoms with Gasteiger partial charge in [0, 0.05) is 37.1 Å². The van der Waals surface area contributed by atoms with Gasteiger partial charge in [-0.2, -0.15) is 0 Å². The fraction of sp³-hybridized carbons (Fsp3) is 0.947. The highest BCUT2D eigenvalue weighted by molar-refractivity contribution is 14.0. The highest BCUT2D eigenvalue weighted by atomic mass is 127. The van der Waals surface area contributed by atoms with Crippen LogP contribution in [0, 0.1) is 5.41 Å². The Balaban J connectivity index is 0.00000243. The summed E-state index contributed by atoms with van der Waals surface area (Å²) in [5, 5.41) is 16.5. The van der Waals surface area contributed by atoms with E-state index in [1.165, 1.54) is 32.1 Å². The third kappa shape index (κ3) is 5.69. The van der Waals surface area contributed by atoms with Gasteiger partial charge >= 0.3 is 0 Å². The topological polar surface area (TPSA) is 69.1 Å². The van der Waals surface area contributed by atoms with Crippen molar-refractivity contribution >= 4 is 29.9 Å². The number of hydrogen-bond donors (Lipinski definition) is 3. The second-order valence-electron chi connectivity index (χ2n) is 8.09. The first-order valence-corrected chi connectivity index (χ1v) is 10.2. The molecule has 3 rings (SSSR count). The molecule has 152 valence electrons. The number of nitrogens with one attached hydrogen (secondary N) is 2. The molecule has 0 aromatic heterocycles. The van der Waals surface area contributed by atoms with Gasteiger partial charge in [-0.1, -0.05) is 19.3 Å². The number of ether oxygens (including phenoxy) is 1. The Kier molecular flexibility index (Phi) is 8.90. The number of aliphatic hydroxyl groups excluding tert-OH is 1. The third-order valence-corrected chi connectivity index (χ3v) is 6.26. The van der Waals surface area contributed by atoms with Crippen LogP contribution in [0.4, 0.5) is 0 Å². The van der Waals surface area contributed by atoms with Gasteiger partial charge in [0.05, 0.1) is 26.4 Å². The Hall–Kier alpha value is -0.120. The van der Waals surface area contributed by atoms with E-state index >= 15 is 0 Å². The van der Waals surface area contributed by atoms with Crippen molar-refractivity contribution in [2.75, 3.05) is 52.5 Å². The zero-order chi connectivity index (χ0) is 17.6. The average Bonchev–Trinajstić information content (AvgIpc) is 3.46. The van der Waals surface area contributed by atoms with Crippen molar-refractivity contribution in [3.8, 4) is 0 Å². The summed E-state index contributed by atoms with van der Waals surface area (Å²) in [5.41, 5.74) is 0.307. The minimum atomic E-state index is 0. The summed E-state index contributed by atoms with van der Waals surface area (Å²) in [4.78, 5) is 7.43. The summed E-state index contributed by atoms with van der Waals surface area (Å²) in [5.74, 6) is 0.903. The van der Waals surface area contributed by atoms with Crippen molar-refractivity contribution in [3.63, 3.8) is 0 Å². The Labute approximate surface area is 175 Å². The van der Waals surface area contributed by atoms with Crippen molar-refractivity contribution < 1.29 is 9.84 Å². The van der Waals surface area contributed by atoms with E-state index in [2.05, 4.69) is 22.5 Å². The van der Waals surface area contributed by atoms with Gasteiger partial charge in [0.15, 0.2) is 5.96 Å². The largest absolute Gasteiger partial charge is 0.396 e. The molecule has 1 heterocycles. The summed E-state index contributed by atoms with van der Waals surface area (Å²) < 4.78 is 5.57. The van der Waals surface area contributed by atoms with Gasteiger partial charge in [-0.15, -0.1) is 24.0 Å². The minimum Gasteiger partial charge on any atom is -0.396 e. The van der Waals surface area contributed by atoms with Crippen LogP contribution in [0.25, 0.3) is 0 Å². The van der Waals surface area contributed by atoms with Crippen LogP contribution in [-0.2, 0) is 4.74 Å². The lowest BCUT2D eigenvalue weighted by Gasteiger charge is -2.48. The summed E-state index contributed by atoms with van der Waals surface area (Å²) in [6.45, 7) is 8.70. The molecule has 1 aliphatic heterocycles. The SMILES string of the molecule is CCNC(=NCC1(CO)CC1)NCC1(N2CCOCC2)CCCCC1.I. The lowest BCUT2D eigenvalue weighted by atomic mass is 9.80. The average molecular weight is 480 g/mol. The maximum absolute atomic E-state index is 9.52. The lowest BCUT2D eigenvalue weighted by Crippen LogP contribution is -2.60. The highest BCUT2D eigenvalue weighted by Crippen LogP contribution is 2.45. The predicted molar refractivity (Wildman–Crippen MR) is 116 cm³/mol. The summed E-state index contributed by atoms with van der Waals surface area (Å²) >= 11 is 0. The number of halogens is 1. The Bertz CT molecular complexity index is 445. The smallest absolute Gasteiger partial charge is 0.191 e. The first-order valence-electron chi connectivity index (χ1n) is 10.2. The number of guanidine groups is 1. The van der Waals surface area contributed by atoms with Gasteiger partial charge in [0.1, 0.15) is 0 Å². The van der Waals surface area contributed by atoms with Crippen LogP contribution in [0.15, 0.2) is 4.99 Å². The molecule has 0 bridgehead atoms. The molecule has 0 radical (unpaired) electrons. The Morgan fingerprint density at radius 3 is 2.35 bits per heavy atom. The molecule has 0 atom stereocenters. The van der Waals surface area contributed by atoms with E-state index in [0.29, 0.717) is 0 Å². The van der Waals surface area contributed by atoms with Gasteiger partial charge < -0.3 is 20.5 Å². The standard InChI is InChI=1S/C19H36N4O2.HI/c1-2-20-17(21-14-18(16-24)8-9-18)22-15-19(6-4-3-5-7-19)23-10-12-25-13-11-23;/h24H,2-16H2,1H3,(H2,20,21,22);1H. The zero-order valence-corrected chi connectivity index (χ0v) is 18.6. The van der Waals surface area contributed by atoms with Crippen molar-refractivity contribution in [2.45, 2.75) is 57.4 Å². The van der Waals surface area contributed by atoms with Gasteiger partial charge in [-0.25, -0.2) is 0 Å². The normalized spacial score (nSPS) is 25.2. The van der Waals surface area contributed by atoms with E-state index in [1.54, 1.807) is 0 Å². The second-order valence-corrected chi connectivity index (χ2v) is 8.09. The molecule has 2 aliphatic carbocycles. The van der Waals surface area contributed by atoms with Gasteiger partial charge in [-0.3, -0.25) is 9.89 Å². The maximum atomic E-state index is 9.52. The molecule has 2 saturated carbocycles. The predicted octanol–water partition coefficient (Wildman–Crippen LogP) is 1.97. The molecule has 26 heavy (non-hydrogen) atoms. The van der Waals surface area contributed by atoms with Crippen LogP contribution in [0.2, 0.25) is 0 Å². The fourth-order valence-electron chi connectivity index (χ4n) is 4.23. The number of rotatable bonds is 7. The molecule has 0 spiro atoms. The van der Waals surface area contributed by atoms with Crippen LogP contribution in [0.1, 0.15) is 51.9 Å². The van der Waals surface area contributed by atoms with E-state index in [1.807, 2.05) is 0 Å². The number of morpholine rings is 1. The first-order chi connectivity index (χ1) is 12.2. The van der Waals surface area contributed by atoms with E-state index < -0.39 is 0 Å². The Morgan fingerprint density at radius 1 is 1.08 bits per heavy atom. The van der Waals surface area contributed by atoms with Crippen LogP contribution in [0.3, 0.4) is 0 Å². The summed E-state index contributed by atoms with van der Waals surface area (Å²) in [7, 11) is 0. The molecule has 0 aromatic rings. The molecular weight excluding hydrogens is 443 g/mol. The second kappa shape index (κ2) is 10.4. The molecule has 3 aliphatic rings. The molecule has 7 heteroatoms. The highest BCUT2D eigenvalue weighted by Gasteiger charge is 2.42. The van der Waals surface area contributed by atoms with Crippen molar-refractivity contribution in [1.29, 1.82) is 0 Å². The molecule has 3 fully saturated rings. The van der Waals surface area contributed by atoms with Gasteiger partial charge in [-0.05, 0) is 32.6 Å². The van der Waals surface area contributed by atoms with Crippen LogP contribution in [-0.4, -0.2) is 74.0 Å². The summed E-state index contributed by atoms with van der Waals surface area (Å²) in [6, 6.07) is 0. The number of nitrogens with zero attached hydrogens (tertiary/aromatic N) is 2. The number of aliphatic imine (C=N–C) groups is 1. The van der Waals surface area contributed by atoms with Gasteiger partial charge in [0.2, 0.25) is 0 Å². The maximum Gasteiger partial charge on any atom is 0.191 e. The molecule has 1 saturated heterocycles. The molecule has 6 nitrogen and oxygen atoms in total. The fourth-order valence-corrected chi connectivity index (χ4v) is 4.23. The molecule has 0 unspecified atom stereocenters. The molecule has 3 N–H and O–H groups in total. The van der Waals surface area contributed by atoms with Crippen molar-refractivity contribution in [2.24, 2.45) is 10.4 Å². The molecule has 0 aromatic carbocycles. The van der Waals surface area contributed by atoms with E-state index in [0.717, 1.165) is 64.7 Å². The van der Waals surface area contributed by atoms with Crippen LogP contribution in [0.5, 0.6) is 0 Å². The Morgan fingerprint density at radius 2 is 1.77 bits per heavy atom. The molecular formula is C19H37IN4O2. The van der Waals surface area contributed by atoms with Crippen LogP contribution >= 0.6 is 24.0 Å². The van der Waals surface area contributed by atoms with Gasteiger partial charge in [0.25, 0.3) is 0 Å². The minimum absolute atomic E-state index is 0. The van der Waals surface area contributed by atoms with Crippen LogP contribution < -0.4 is 10.6 Å². The van der Waals surface area contributed by atoms with E-state index in [-0.39, 0.29) is 41.5 Å². The monoisotopic (exact) mass is 480 g/mol. The number of aliphatic hydroxyl groups is 1. The quantitative estimate of drug-likeness (QED) is 0.296. The summed E-state index contributed by atoms with van der Waals surface area (Å²) in [6.07, 6.45) is 8.73. The van der Waals surface area contributed by atoms with Crippen molar-refractivity contribution in [1.82, 2.24) is 15.5 Å². The third-order valence-electron chi connectivity index (χ3n) is 6.26. The molecule has 0 amide bonds. The van der Waals surface area contributed by atoms with E-state index in [9.17, 15) is 5.11 Å². The van der Waals surface area contributed by atoms with E-state index in [4.69, 9.17) is 9.73 Å². The lowest BCUT2D eigenvalue weighted by molar-refractivity contribution is -0.0352.